The SMILES string of the molecule is Cc1cc([C@@]2(C)CCC(=O)NC2=O)ccc1C1CCN(C)CC1. The van der Waals surface area contributed by atoms with E-state index in [1.807, 2.05) is 6.92 Å². The zero-order valence-electron chi connectivity index (χ0n) is 14.3. The van der Waals surface area contributed by atoms with Gasteiger partial charge in [-0.2, -0.15) is 0 Å². The van der Waals surface area contributed by atoms with E-state index in [1.165, 1.54) is 24.0 Å². The summed E-state index contributed by atoms with van der Waals surface area (Å²) in [7, 11) is 2.18. The first kappa shape index (κ1) is 16.2. The molecule has 0 spiro atoms. The first-order chi connectivity index (χ1) is 10.9. The van der Waals surface area contributed by atoms with Crippen LogP contribution in [0.25, 0.3) is 0 Å². The van der Waals surface area contributed by atoms with Crippen molar-refractivity contribution in [1.29, 1.82) is 0 Å². The molecule has 1 aromatic rings. The van der Waals surface area contributed by atoms with Crippen molar-refractivity contribution in [3.8, 4) is 0 Å². The number of hydrogen-bond acceptors (Lipinski definition) is 3. The Labute approximate surface area is 138 Å². The number of aryl methyl sites for hydroxylation is 1. The lowest BCUT2D eigenvalue weighted by molar-refractivity contribution is -0.137. The second-order valence-electron chi connectivity index (χ2n) is 7.36. The Morgan fingerprint density at radius 1 is 1.22 bits per heavy atom. The molecule has 0 aromatic heterocycles. The maximum absolute atomic E-state index is 12.3. The van der Waals surface area contributed by atoms with E-state index in [9.17, 15) is 9.59 Å². The van der Waals surface area contributed by atoms with Gasteiger partial charge in [-0.3, -0.25) is 14.9 Å². The predicted molar refractivity (Wildman–Crippen MR) is 90.4 cm³/mol. The Morgan fingerprint density at radius 3 is 2.52 bits per heavy atom. The first-order valence-corrected chi connectivity index (χ1v) is 8.54. The number of benzene rings is 1. The van der Waals surface area contributed by atoms with E-state index in [-0.39, 0.29) is 11.8 Å². The normalized spacial score (nSPS) is 27.1. The number of piperidine rings is 2. The molecule has 2 fully saturated rings. The zero-order valence-corrected chi connectivity index (χ0v) is 14.3. The van der Waals surface area contributed by atoms with E-state index in [4.69, 9.17) is 0 Å². The Bertz CT molecular complexity index is 632. The van der Waals surface area contributed by atoms with Gasteiger partial charge < -0.3 is 4.90 Å². The number of likely N-dealkylation sites (tertiary alicyclic amines) is 1. The van der Waals surface area contributed by atoms with Gasteiger partial charge >= 0.3 is 0 Å². The number of amides is 2. The molecule has 124 valence electrons. The summed E-state index contributed by atoms with van der Waals surface area (Å²) in [5.74, 6) is 0.294. The fraction of sp³-hybridized carbons (Fsp3) is 0.579. The van der Waals surface area contributed by atoms with Gasteiger partial charge in [-0.1, -0.05) is 18.2 Å². The summed E-state index contributed by atoms with van der Waals surface area (Å²) in [6.45, 7) is 6.38. The predicted octanol–water partition coefficient (Wildman–Crippen LogP) is 2.50. The van der Waals surface area contributed by atoms with Gasteiger partial charge in [0.15, 0.2) is 0 Å². The summed E-state index contributed by atoms with van der Waals surface area (Å²) >= 11 is 0. The lowest BCUT2D eigenvalue weighted by Crippen LogP contribution is -2.49. The Balaban J connectivity index is 1.84. The molecule has 0 aliphatic carbocycles. The second kappa shape index (κ2) is 6.08. The van der Waals surface area contributed by atoms with E-state index >= 15 is 0 Å². The van der Waals surface area contributed by atoms with Gasteiger partial charge in [0.1, 0.15) is 0 Å². The molecule has 3 rings (SSSR count). The molecule has 2 heterocycles. The van der Waals surface area contributed by atoms with Crippen LogP contribution in [-0.2, 0) is 15.0 Å². The standard InChI is InChI=1S/C19H26N2O2/c1-13-12-15(19(2)9-6-17(22)20-18(19)23)4-5-16(13)14-7-10-21(3)11-8-14/h4-5,12,14H,6-11H2,1-3H3,(H,20,22,23)/t19-/m1/s1. The number of rotatable bonds is 2. The second-order valence-corrected chi connectivity index (χ2v) is 7.36. The summed E-state index contributed by atoms with van der Waals surface area (Å²) in [5.41, 5.74) is 3.11. The van der Waals surface area contributed by atoms with Gasteiger partial charge in [-0.05, 0) is 75.9 Å². The van der Waals surface area contributed by atoms with Crippen LogP contribution in [0.15, 0.2) is 18.2 Å². The minimum absolute atomic E-state index is 0.160. The largest absolute Gasteiger partial charge is 0.306 e. The molecule has 0 bridgehead atoms. The quantitative estimate of drug-likeness (QED) is 0.853. The average molecular weight is 314 g/mol. The van der Waals surface area contributed by atoms with Gasteiger partial charge in [0.2, 0.25) is 11.8 Å². The monoisotopic (exact) mass is 314 g/mol. The molecule has 2 amide bonds. The maximum atomic E-state index is 12.3. The van der Waals surface area contributed by atoms with Gasteiger partial charge in [0, 0.05) is 6.42 Å². The number of nitrogens with one attached hydrogen (secondary N) is 1. The molecule has 1 atom stereocenters. The summed E-state index contributed by atoms with van der Waals surface area (Å²) in [5, 5.41) is 2.49. The number of carbonyl (C=O) groups excluding carboxylic acids is 2. The summed E-state index contributed by atoms with van der Waals surface area (Å²) in [6, 6.07) is 6.45. The van der Waals surface area contributed by atoms with Gasteiger partial charge in [0.25, 0.3) is 0 Å². The van der Waals surface area contributed by atoms with Crippen molar-refractivity contribution < 1.29 is 9.59 Å². The van der Waals surface area contributed by atoms with Crippen molar-refractivity contribution in [3.05, 3.63) is 34.9 Å². The van der Waals surface area contributed by atoms with Crippen molar-refractivity contribution >= 4 is 11.8 Å². The van der Waals surface area contributed by atoms with E-state index in [0.29, 0.717) is 18.8 Å². The minimum Gasteiger partial charge on any atom is -0.306 e. The van der Waals surface area contributed by atoms with E-state index in [2.05, 4.69) is 42.4 Å². The molecule has 0 unspecified atom stereocenters. The molecule has 4 heteroatoms. The number of hydrogen-bond donors (Lipinski definition) is 1. The lowest BCUT2D eigenvalue weighted by atomic mass is 9.74. The molecule has 1 N–H and O–H groups in total. The third-order valence-electron chi connectivity index (χ3n) is 5.67. The van der Waals surface area contributed by atoms with Crippen LogP contribution in [0.5, 0.6) is 0 Å². The third-order valence-corrected chi connectivity index (χ3v) is 5.67. The third kappa shape index (κ3) is 3.05. The van der Waals surface area contributed by atoms with Crippen LogP contribution in [0.3, 0.4) is 0 Å². The maximum Gasteiger partial charge on any atom is 0.236 e. The molecule has 2 aliphatic heterocycles. The molecule has 4 nitrogen and oxygen atoms in total. The highest BCUT2D eigenvalue weighted by Gasteiger charge is 2.40. The first-order valence-electron chi connectivity index (χ1n) is 8.54. The fourth-order valence-electron chi connectivity index (χ4n) is 3.88. The molecular weight excluding hydrogens is 288 g/mol. The Hall–Kier alpha value is -1.68. The molecule has 1 aromatic carbocycles. The van der Waals surface area contributed by atoms with Crippen molar-refractivity contribution in [1.82, 2.24) is 10.2 Å². The number of nitrogens with zero attached hydrogens (tertiary/aromatic N) is 1. The van der Waals surface area contributed by atoms with Crippen LogP contribution in [0.1, 0.15) is 55.2 Å². The topological polar surface area (TPSA) is 49.4 Å². The Kier molecular flexibility index (Phi) is 4.28. The number of imide groups is 1. The van der Waals surface area contributed by atoms with Gasteiger partial charge in [-0.15, -0.1) is 0 Å². The molecule has 23 heavy (non-hydrogen) atoms. The highest BCUT2D eigenvalue weighted by Crippen LogP contribution is 2.36. The summed E-state index contributed by atoms with van der Waals surface area (Å²) in [4.78, 5) is 26.1. The highest BCUT2D eigenvalue weighted by molar-refractivity contribution is 6.03. The van der Waals surface area contributed by atoms with Crippen LogP contribution < -0.4 is 5.32 Å². The van der Waals surface area contributed by atoms with Crippen LogP contribution in [0, 0.1) is 6.92 Å². The van der Waals surface area contributed by atoms with Crippen molar-refractivity contribution in [2.75, 3.05) is 20.1 Å². The van der Waals surface area contributed by atoms with Crippen molar-refractivity contribution in [2.45, 2.75) is 50.9 Å². The van der Waals surface area contributed by atoms with Gasteiger partial charge in [-0.25, -0.2) is 0 Å². The van der Waals surface area contributed by atoms with Crippen LogP contribution in [-0.4, -0.2) is 36.9 Å². The van der Waals surface area contributed by atoms with Crippen LogP contribution in [0.4, 0.5) is 0 Å². The molecular formula is C19H26N2O2. The fourth-order valence-corrected chi connectivity index (χ4v) is 3.88. The average Bonchev–Trinajstić information content (AvgIpc) is 2.52. The number of carbonyl (C=O) groups is 2. The lowest BCUT2D eigenvalue weighted by Gasteiger charge is -2.34. The van der Waals surface area contributed by atoms with E-state index in [1.54, 1.807) is 0 Å². The van der Waals surface area contributed by atoms with E-state index < -0.39 is 5.41 Å². The highest BCUT2D eigenvalue weighted by atomic mass is 16.2. The van der Waals surface area contributed by atoms with Gasteiger partial charge in [0.05, 0.1) is 5.41 Å². The summed E-state index contributed by atoms with van der Waals surface area (Å²) < 4.78 is 0. The molecule has 0 radical (unpaired) electrons. The molecule has 2 aliphatic rings. The molecule has 0 saturated carbocycles. The van der Waals surface area contributed by atoms with Crippen molar-refractivity contribution in [2.24, 2.45) is 0 Å². The zero-order chi connectivity index (χ0) is 16.6. The Morgan fingerprint density at radius 2 is 1.91 bits per heavy atom. The van der Waals surface area contributed by atoms with Crippen molar-refractivity contribution in [3.63, 3.8) is 0 Å². The summed E-state index contributed by atoms with van der Waals surface area (Å²) in [6.07, 6.45) is 3.40. The smallest absolute Gasteiger partial charge is 0.236 e. The van der Waals surface area contributed by atoms with E-state index in [0.717, 1.165) is 18.7 Å². The van der Waals surface area contributed by atoms with Crippen LogP contribution in [0.2, 0.25) is 0 Å². The minimum atomic E-state index is -0.593. The van der Waals surface area contributed by atoms with Crippen LogP contribution >= 0.6 is 0 Å². The molecule has 2 saturated heterocycles.